The zero-order valence-corrected chi connectivity index (χ0v) is 15.7. The summed E-state index contributed by atoms with van der Waals surface area (Å²) in [6.07, 6.45) is 2.70. The molecule has 0 radical (unpaired) electrons. The molecule has 2 aliphatic rings. The molecule has 0 unspecified atom stereocenters. The monoisotopic (exact) mass is 371 g/mol. The lowest BCUT2D eigenvalue weighted by molar-refractivity contribution is 0.356. The van der Waals surface area contributed by atoms with Crippen molar-refractivity contribution in [1.29, 1.82) is 0 Å². The number of piperidine rings is 1. The van der Waals surface area contributed by atoms with Gasteiger partial charge < -0.3 is 20.5 Å². The standard InChI is InChI=1S/C19H25N5O3/c1-3-24-18(15-11(2)9-14-13(16(15)25)6-8-27-14)23-22-17(19(24)26)21-12-5-4-7-20-10-12/h9,12,20,25H,3-8,10H2,1-2H3,(H,21,22)/t12-/m1/s1. The third-order valence-corrected chi connectivity index (χ3v) is 5.30. The normalized spacial score (nSPS) is 18.8. The molecule has 1 fully saturated rings. The minimum Gasteiger partial charge on any atom is -0.507 e. The number of nitrogens with zero attached hydrogens (tertiary/aromatic N) is 3. The average molecular weight is 371 g/mol. The fraction of sp³-hybridized carbons (Fsp3) is 0.526. The molecule has 0 bridgehead atoms. The van der Waals surface area contributed by atoms with Crippen LogP contribution in [-0.4, -0.2) is 45.6 Å². The first-order valence-electron chi connectivity index (χ1n) is 9.53. The Morgan fingerprint density at radius 3 is 3.04 bits per heavy atom. The Bertz CT molecular complexity index is 919. The summed E-state index contributed by atoms with van der Waals surface area (Å²) in [4.78, 5) is 13.0. The highest BCUT2D eigenvalue weighted by Gasteiger charge is 2.25. The summed E-state index contributed by atoms with van der Waals surface area (Å²) in [6, 6.07) is 2.06. The van der Waals surface area contributed by atoms with Crippen LogP contribution in [0, 0.1) is 6.92 Å². The van der Waals surface area contributed by atoms with E-state index in [1.807, 2.05) is 19.9 Å². The summed E-state index contributed by atoms with van der Waals surface area (Å²) in [5.41, 5.74) is 1.91. The Labute approximate surface area is 157 Å². The van der Waals surface area contributed by atoms with Crippen molar-refractivity contribution >= 4 is 5.82 Å². The van der Waals surface area contributed by atoms with E-state index in [2.05, 4.69) is 20.8 Å². The lowest BCUT2D eigenvalue weighted by atomic mass is 10.0. The first-order chi connectivity index (χ1) is 13.1. The summed E-state index contributed by atoms with van der Waals surface area (Å²) in [5.74, 6) is 1.49. The van der Waals surface area contributed by atoms with Gasteiger partial charge in [-0.25, -0.2) is 0 Å². The second-order valence-electron chi connectivity index (χ2n) is 7.10. The van der Waals surface area contributed by atoms with Crippen molar-refractivity contribution in [3.63, 3.8) is 0 Å². The molecule has 0 spiro atoms. The third kappa shape index (κ3) is 3.14. The number of ether oxygens (including phenoxy) is 1. The number of phenolic OH excluding ortho intramolecular Hbond substituents is 1. The lowest BCUT2D eigenvalue weighted by Gasteiger charge is -2.24. The van der Waals surface area contributed by atoms with Gasteiger partial charge in [0, 0.05) is 31.1 Å². The molecule has 3 N–H and O–H groups in total. The molecule has 144 valence electrons. The molecule has 27 heavy (non-hydrogen) atoms. The molecule has 4 rings (SSSR count). The molecule has 1 aromatic carbocycles. The van der Waals surface area contributed by atoms with Gasteiger partial charge in [0.05, 0.1) is 12.2 Å². The van der Waals surface area contributed by atoms with Crippen LogP contribution in [-0.2, 0) is 13.0 Å². The van der Waals surface area contributed by atoms with Gasteiger partial charge in [0.15, 0.2) is 5.82 Å². The van der Waals surface area contributed by atoms with Crippen molar-refractivity contribution in [2.45, 2.75) is 45.7 Å². The fourth-order valence-corrected chi connectivity index (χ4v) is 3.88. The van der Waals surface area contributed by atoms with E-state index in [-0.39, 0.29) is 23.2 Å². The summed E-state index contributed by atoms with van der Waals surface area (Å²) in [6.45, 7) is 6.57. The molecule has 8 nitrogen and oxygen atoms in total. The Hall–Kier alpha value is -2.61. The zero-order chi connectivity index (χ0) is 19.0. The van der Waals surface area contributed by atoms with Crippen LogP contribution in [0.5, 0.6) is 11.5 Å². The van der Waals surface area contributed by atoms with Crippen molar-refractivity contribution in [3.05, 3.63) is 27.5 Å². The van der Waals surface area contributed by atoms with E-state index in [9.17, 15) is 9.90 Å². The minimum absolute atomic E-state index is 0.135. The number of nitrogens with one attached hydrogen (secondary N) is 2. The molecule has 1 atom stereocenters. The number of hydrogen-bond acceptors (Lipinski definition) is 7. The van der Waals surface area contributed by atoms with Gasteiger partial charge in [0.25, 0.3) is 5.56 Å². The Balaban J connectivity index is 1.76. The first-order valence-corrected chi connectivity index (χ1v) is 9.53. The van der Waals surface area contributed by atoms with Gasteiger partial charge in [-0.1, -0.05) is 0 Å². The largest absolute Gasteiger partial charge is 0.507 e. The van der Waals surface area contributed by atoms with Gasteiger partial charge in [-0.15, -0.1) is 10.2 Å². The van der Waals surface area contributed by atoms with Gasteiger partial charge in [-0.05, 0) is 44.9 Å². The van der Waals surface area contributed by atoms with Crippen LogP contribution in [0.25, 0.3) is 11.4 Å². The number of benzene rings is 1. The maximum absolute atomic E-state index is 13.0. The smallest absolute Gasteiger partial charge is 0.296 e. The number of aromatic nitrogens is 3. The van der Waals surface area contributed by atoms with Crippen LogP contribution in [0.15, 0.2) is 10.9 Å². The SMILES string of the molecule is CCn1c(-c2c(C)cc3c(c2O)CCO3)nnc(N[C@@H]2CCCNC2)c1=O. The highest BCUT2D eigenvalue weighted by molar-refractivity contribution is 5.73. The molecule has 2 aromatic rings. The average Bonchev–Trinajstić information content (AvgIpc) is 3.13. The molecule has 2 aliphatic heterocycles. The van der Waals surface area contributed by atoms with Gasteiger partial charge in [0.2, 0.25) is 5.82 Å². The van der Waals surface area contributed by atoms with Gasteiger partial charge >= 0.3 is 0 Å². The van der Waals surface area contributed by atoms with Crippen molar-refractivity contribution in [2.24, 2.45) is 0 Å². The molecule has 8 heteroatoms. The van der Waals surface area contributed by atoms with Gasteiger partial charge in [0.1, 0.15) is 11.5 Å². The Kier molecular flexibility index (Phi) is 4.73. The molecule has 1 aromatic heterocycles. The predicted octanol–water partition coefficient (Wildman–Crippen LogP) is 1.44. The number of aromatic hydroxyl groups is 1. The predicted molar refractivity (Wildman–Crippen MR) is 103 cm³/mol. The summed E-state index contributed by atoms with van der Waals surface area (Å²) in [7, 11) is 0. The number of aryl methyl sites for hydroxylation is 1. The van der Waals surface area contributed by atoms with E-state index in [4.69, 9.17) is 4.74 Å². The van der Waals surface area contributed by atoms with Gasteiger partial charge in [-0.3, -0.25) is 9.36 Å². The van der Waals surface area contributed by atoms with Crippen LogP contribution in [0.1, 0.15) is 30.9 Å². The maximum Gasteiger partial charge on any atom is 0.296 e. The number of phenols is 1. The Morgan fingerprint density at radius 2 is 2.30 bits per heavy atom. The minimum atomic E-state index is -0.219. The van der Waals surface area contributed by atoms with E-state index in [1.165, 1.54) is 0 Å². The fourth-order valence-electron chi connectivity index (χ4n) is 3.88. The molecule has 0 saturated carbocycles. The Morgan fingerprint density at radius 1 is 1.44 bits per heavy atom. The topological polar surface area (TPSA) is 101 Å². The van der Waals surface area contributed by atoms with Crippen LogP contribution >= 0.6 is 0 Å². The van der Waals surface area contributed by atoms with Crippen LogP contribution in [0.4, 0.5) is 5.82 Å². The highest BCUT2D eigenvalue weighted by Crippen LogP contribution is 2.42. The van der Waals surface area contributed by atoms with Crippen molar-refractivity contribution in [2.75, 3.05) is 25.0 Å². The van der Waals surface area contributed by atoms with E-state index in [0.29, 0.717) is 36.7 Å². The van der Waals surface area contributed by atoms with Gasteiger partial charge in [-0.2, -0.15) is 0 Å². The van der Waals surface area contributed by atoms with E-state index >= 15 is 0 Å². The zero-order valence-electron chi connectivity index (χ0n) is 15.7. The first kappa shape index (κ1) is 17.8. The summed E-state index contributed by atoms with van der Waals surface area (Å²) < 4.78 is 7.12. The van der Waals surface area contributed by atoms with Crippen LogP contribution in [0.2, 0.25) is 0 Å². The molecule has 3 heterocycles. The summed E-state index contributed by atoms with van der Waals surface area (Å²) in [5, 5.41) is 25.8. The lowest BCUT2D eigenvalue weighted by Crippen LogP contribution is -2.40. The number of hydrogen-bond donors (Lipinski definition) is 3. The third-order valence-electron chi connectivity index (χ3n) is 5.30. The second kappa shape index (κ2) is 7.19. The van der Waals surface area contributed by atoms with Crippen LogP contribution < -0.4 is 20.9 Å². The highest BCUT2D eigenvalue weighted by atomic mass is 16.5. The van der Waals surface area contributed by atoms with E-state index < -0.39 is 0 Å². The summed E-state index contributed by atoms with van der Waals surface area (Å²) >= 11 is 0. The molecule has 0 amide bonds. The van der Waals surface area contributed by atoms with Crippen molar-refractivity contribution in [1.82, 2.24) is 20.1 Å². The number of anilines is 1. The second-order valence-corrected chi connectivity index (χ2v) is 7.10. The van der Waals surface area contributed by atoms with E-state index in [1.54, 1.807) is 4.57 Å². The quantitative estimate of drug-likeness (QED) is 0.747. The van der Waals surface area contributed by atoms with Crippen molar-refractivity contribution < 1.29 is 9.84 Å². The molecular weight excluding hydrogens is 346 g/mol. The molecular formula is C19H25N5O3. The number of rotatable bonds is 4. The molecule has 0 aliphatic carbocycles. The van der Waals surface area contributed by atoms with Crippen LogP contribution in [0.3, 0.4) is 0 Å². The molecule has 1 saturated heterocycles. The maximum atomic E-state index is 13.0. The number of fused-ring (bicyclic) bond motifs is 1. The van der Waals surface area contributed by atoms with E-state index in [0.717, 1.165) is 37.1 Å². The van der Waals surface area contributed by atoms with Crippen molar-refractivity contribution in [3.8, 4) is 22.9 Å².